The van der Waals surface area contributed by atoms with Gasteiger partial charge in [0, 0.05) is 18.8 Å². The first-order chi connectivity index (χ1) is 7.75. The lowest BCUT2D eigenvalue weighted by atomic mass is 10.2. The molecule has 2 aromatic rings. The first kappa shape index (κ1) is 11.5. The lowest BCUT2D eigenvalue weighted by Crippen LogP contribution is -2.18. The van der Waals surface area contributed by atoms with Crippen molar-refractivity contribution in [2.75, 3.05) is 0 Å². The minimum absolute atomic E-state index is 0.212. The second-order valence-corrected chi connectivity index (χ2v) is 5.16. The highest BCUT2D eigenvalue weighted by molar-refractivity contribution is 7.15. The largest absolute Gasteiger partial charge is 0.302 e. The van der Waals surface area contributed by atoms with Crippen molar-refractivity contribution in [3.63, 3.8) is 0 Å². The first-order valence-corrected chi connectivity index (χ1v) is 6.19. The van der Waals surface area contributed by atoms with E-state index in [1.807, 2.05) is 18.2 Å². The molecule has 0 radical (unpaired) electrons. The molecular formula is C11H12ClN3S. The van der Waals surface area contributed by atoms with Crippen molar-refractivity contribution in [3.05, 3.63) is 45.6 Å². The van der Waals surface area contributed by atoms with Crippen LogP contribution in [0.15, 0.2) is 30.6 Å². The van der Waals surface area contributed by atoms with Gasteiger partial charge in [0.2, 0.25) is 0 Å². The Hall–Kier alpha value is -0.970. The Morgan fingerprint density at radius 3 is 2.94 bits per heavy atom. The Morgan fingerprint density at radius 1 is 1.44 bits per heavy atom. The monoisotopic (exact) mass is 253 g/mol. The van der Waals surface area contributed by atoms with Crippen LogP contribution >= 0.6 is 22.9 Å². The van der Waals surface area contributed by atoms with Crippen molar-refractivity contribution in [1.82, 2.24) is 15.3 Å². The maximum absolute atomic E-state index is 5.81. The molecule has 0 saturated heterocycles. The van der Waals surface area contributed by atoms with Crippen molar-refractivity contribution < 1.29 is 0 Å². The molecule has 16 heavy (non-hydrogen) atoms. The summed E-state index contributed by atoms with van der Waals surface area (Å²) in [7, 11) is 0. The van der Waals surface area contributed by atoms with Crippen LogP contribution in [0.3, 0.4) is 0 Å². The van der Waals surface area contributed by atoms with Crippen LogP contribution in [-0.4, -0.2) is 9.97 Å². The fourth-order valence-corrected chi connectivity index (χ4v) is 2.25. The predicted molar refractivity (Wildman–Crippen MR) is 66.6 cm³/mol. The number of pyridine rings is 1. The SMILES string of the molecule is CC(NCc1ncc(Cl)s1)c1ccccn1. The minimum Gasteiger partial charge on any atom is -0.302 e. The van der Waals surface area contributed by atoms with Gasteiger partial charge in [-0.25, -0.2) is 4.98 Å². The molecule has 0 saturated carbocycles. The van der Waals surface area contributed by atoms with Crippen molar-refractivity contribution in [2.45, 2.75) is 19.5 Å². The third-order valence-electron chi connectivity index (χ3n) is 2.22. The third kappa shape index (κ3) is 3.01. The number of rotatable bonds is 4. The van der Waals surface area contributed by atoms with Crippen LogP contribution in [0.5, 0.6) is 0 Å². The number of thiazole rings is 1. The molecule has 2 aromatic heterocycles. The second-order valence-electron chi connectivity index (χ2n) is 3.42. The molecular weight excluding hydrogens is 242 g/mol. The van der Waals surface area contributed by atoms with Crippen LogP contribution in [0.2, 0.25) is 4.34 Å². The van der Waals surface area contributed by atoms with Gasteiger partial charge >= 0.3 is 0 Å². The lowest BCUT2D eigenvalue weighted by molar-refractivity contribution is 0.560. The van der Waals surface area contributed by atoms with Gasteiger partial charge in [-0.1, -0.05) is 17.7 Å². The molecule has 0 aliphatic carbocycles. The molecule has 0 bridgehead atoms. The van der Waals surface area contributed by atoms with Gasteiger partial charge in [0.25, 0.3) is 0 Å². The van der Waals surface area contributed by atoms with Gasteiger partial charge in [0.15, 0.2) is 0 Å². The number of hydrogen-bond donors (Lipinski definition) is 1. The highest BCUT2D eigenvalue weighted by Gasteiger charge is 2.06. The first-order valence-electron chi connectivity index (χ1n) is 5.00. The summed E-state index contributed by atoms with van der Waals surface area (Å²) in [5.74, 6) is 0. The van der Waals surface area contributed by atoms with Crippen LogP contribution in [0.4, 0.5) is 0 Å². The Labute approximate surface area is 104 Å². The molecule has 0 spiro atoms. The summed E-state index contributed by atoms with van der Waals surface area (Å²) in [6.07, 6.45) is 3.47. The molecule has 84 valence electrons. The second kappa shape index (κ2) is 5.39. The molecule has 0 fully saturated rings. The zero-order valence-corrected chi connectivity index (χ0v) is 10.4. The van der Waals surface area contributed by atoms with Gasteiger partial charge in [-0.05, 0) is 19.1 Å². The maximum Gasteiger partial charge on any atom is 0.113 e. The van der Waals surface area contributed by atoms with Crippen LogP contribution in [0, 0.1) is 0 Å². The van der Waals surface area contributed by atoms with E-state index in [1.165, 1.54) is 11.3 Å². The standard InChI is InChI=1S/C11H12ClN3S/c1-8(9-4-2-3-5-13-9)14-7-11-15-6-10(12)16-11/h2-6,8,14H,7H2,1H3. The molecule has 0 amide bonds. The third-order valence-corrected chi connectivity index (χ3v) is 3.33. The quantitative estimate of drug-likeness (QED) is 0.910. The van der Waals surface area contributed by atoms with E-state index in [-0.39, 0.29) is 6.04 Å². The summed E-state index contributed by atoms with van der Waals surface area (Å²) in [5.41, 5.74) is 1.03. The average Bonchev–Trinajstić information content (AvgIpc) is 2.73. The lowest BCUT2D eigenvalue weighted by Gasteiger charge is -2.11. The molecule has 2 heterocycles. The van der Waals surface area contributed by atoms with Crippen LogP contribution in [0.25, 0.3) is 0 Å². The number of aromatic nitrogens is 2. The summed E-state index contributed by atoms with van der Waals surface area (Å²) in [5, 5.41) is 4.35. The highest BCUT2D eigenvalue weighted by Crippen LogP contribution is 2.18. The molecule has 1 N–H and O–H groups in total. The van der Waals surface area contributed by atoms with E-state index in [9.17, 15) is 0 Å². The van der Waals surface area contributed by atoms with Gasteiger partial charge in [0.05, 0.1) is 11.9 Å². The highest BCUT2D eigenvalue weighted by atomic mass is 35.5. The fraction of sp³-hybridized carbons (Fsp3) is 0.273. The Balaban J connectivity index is 1.91. The normalized spacial score (nSPS) is 12.6. The summed E-state index contributed by atoms with van der Waals surface area (Å²) < 4.78 is 0.724. The zero-order valence-electron chi connectivity index (χ0n) is 8.85. The molecule has 5 heteroatoms. The van der Waals surface area contributed by atoms with Gasteiger partial charge < -0.3 is 5.32 Å². The van der Waals surface area contributed by atoms with Crippen molar-refractivity contribution in [3.8, 4) is 0 Å². The van der Waals surface area contributed by atoms with Crippen molar-refractivity contribution in [1.29, 1.82) is 0 Å². The van der Waals surface area contributed by atoms with E-state index in [0.29, 0.717) is 0 Å². The van der Waals surface area contributed by atoms with E-state index in [0.717, 1.165) is 21.6 Å². The summed E-state index contributed by atoms with van der Waals surface area (Å²) in [6.45, 7) is 2.80. The predicted octanol–water partition coefficient (Wildman–Crippen LogP) is 3.04. The molecule has 0 aliphatic rings. The van der Waals surface area contributed by atoms with Gasteiger partial charge in [-0.15, -0.1) is 11.3 Å². The van der Waals surface area contributed by atoms with Gasteiger partial charge in [-0.2, -0.15) is 0 Å². The average molecular weight is 254 g/mol. The summed E-state index contributed by atoms with van der Waals surface area (Å²) in [4.78, 5) is 8.48. The zero-order chi connectivity index (χ0) is 11.4. The van der Waals surface area contributed by atoms with E-state index in [4.69, 9.17) is 11.6 Å². The van der Waals surface area contributed by atoms with Gasteiger partial charge in [-0.3, -0.25) is 4.98 Å². The van der Waals surface area contributed by atoms with Gasteiger partial charge in [0.1, 0.15) is 9.34 Å². The van der Waals surface area contributed by atoms with Crippen LogP contribution < -0.4 is 5.32 Å². The van der Waals surface area contributed by atoms with Crippen LogP contribution in [0.1, 0.15) is 23.7 Å². The Bertz CT molecular complexity index is 444. The Kier molecular flexibility index (Phi) is 3.88. The minimum atomic E-state index is 0.212. The summed E-state index contributed by atoms with van der Waals surface area (Å²) >= 11 is 7.30. The topological polar surface area (TPSA) is 37.8 Å². The van der Waals surface area contributed by atoms with E-state index in [2.05, 4.69) is 22.2 Å². The smallest absolute Gasteiger partial charge is 0.113 e. The van der Waals surface area contributed by atoms with Crippen molar-refractivity contribution >= 4 is 22.9 Å². The molecule has 1 unspecified atom stereocenters. The molecule has 0 aliphatic heterocycles. The molecule has 0 aromatic carbocycles. The van der Waals surface area contributed by atoms with Crippen LogP contribution in [-0.2, 0) is 6.54 Å². The number of nitrogens with one attached hydrogen (secondary N) is 1. The number of nitrogens with zero attached hydrogens (tertiary/aromatic N) is 2. The number of hydrogen-bond acceptors (Lipinski definition) is 4. The van der Waals surface area contributed by atoms with Crippen molar-refractivity contribution in [2.24, 2.45) is 0 Å². The van der Waals surface area contributed by atoms with E-state index < -0.39 is 0 Å². The van der Waals surface area contributed by atoms with E-state index in [1.54, 1.807) is 12.4 Å². The fourth-order valence-electron chi connectivity index (χ4n) is 1.35. The molecule has 2 rings (SSSR count). The summed E-state index contributed by atoms with van der Waals surface area (Å²) in [6, 6.07) is 6.12. The van der Waals surface area contributed by atoms with E-state index >= 15 is 0 Å². The molecule has 3 nitrogen and oxygen atoms in total. The Morgan fingerprint density at radius 2 is 2.31 bits per heavy atom. The molecule has 1 atom stereocenters. The number of halogens is 1. The maximum atomic E-state index is 5.81.